The lowest BCUT2D eigenvalue weighted by atomic mass is 10.1. The lowest BCUT2D eigenvalue weighted by Crippen LogP contribution is -2.17. The molecule has 150 valence electrons. The van der Waals surface area contributed by atoms with Crippen molar-refractivity contribution in [2.75, 3.05) is 5.32 Å². The van der Waals surface area contributed by atoms with E-state index in [2.05, 4.69) is 15.9 Å². The summed E-state index contributed by atoms with van der Waals surface area (Å²) in [6.07, 6.45) is -10.1. The van der Waals surface area contributed by atoms with E-state index in [1.165, 1.54) is 18.2 Å². The maximum atomic E-state index is 12.9. The highest BCUT2D eigenvalue weighted by Gasteiger charge is 2.37. The number of ether oxygens (including phenoxy) is 1. The number of hydrogen-bond donors (Lipinski definition) is 1. The summed E-state index contributed by atoms with van der Waals surface area (Å²) in [5.74, 6) is -2.05. The van der Waals surface area contributed by atoms with E-state index in [-0.39, 0.29) is 17.4 Å². The van der Waals surface area contributed by atoms with E-state index < -0.39 is 41.0 Å². The number of amides is 1. The van der Waals surface area contributed by atoms with Gasteiger partial charge in [-0.15, -0.1) is 0 Å². The first kappa shape index (κ1) is 21.7. The highest BCUT2D eigenvalue weighted by molar-refractivity contribution is 9.10. The van der Waals surface area contributed by atoms with Crippen molar-refractivity contribution in [2.45, 2.75) is 19.3 Å². The minimum atomic E-state index is -5.06. The fourth-order valence-electron chi connectivity index (χ4n) is 2.15. The third kappa shape index (κ3) is 5.47. The highest BCUT2D eigenvalue weighted by Crippen LogP contribution is 2.37. The third-order valence-electron chi connectivity index (χ3n) is 3.29. The average Bonchev–Trinajstić information content (AvgIpc) is 2.54. The predicted molar refractivity (Wildman–Crippen MR) is 89.9 cm³/mol. The monoisotopic (exact) mass is 469 g/mol. The normalized spacial score (nSPS) is 11.9. The molecule has 0 unspecified atom stereocenters. The van der Waals surface area contributed by atoms with Crippen LogP contribution in [0.1, 0.15) is 28.4 Å². The number of hydrogen-bond acceptors (Lipinski definition) is 3. The van der Waals surface area contributed by atoms with Gasteiger partial charge in [-0.3, -0.25) is 9.59 Å². The molecule has 1 N–H and O–H groups in total. The Kier molecular flexibility index (Phi) is 6.07. The highest BCUT2D eigenvalue weighted by atomic mass is 79.9. The summed E-state index contributed by atoms with van der Waals surface area (Å²) in [6, 6.07) is 4.56. The predicted octanol–water partition coefficient (Wildman–Crippen LogP) is 5.66. The molecule has 4 nitrogen and oxygen atoms in total. The molecule has 0 aliphatic rings. The average molecular weight is 470 g/mol. The standard InChI is InChI=1S/C17H10BrF6NO3/c1-8(26)28-14-3-2-11(18)7-13(14)15(27)25-12-5-9(16(19,20)21)4-10(6-12)17(22,23)24/h2-7H,1H3,(H,25,27). The zero-order valence-electron chi connectivity index (χ0n) is 13.8. The van der Waals surface area contributed by atoms with E-state index in [0.717, 1.165) is 6.92 Å². The number of halogens is 7. The molecule has 2 rings (SSSR count). The van der Waals surface area contributed by atoms with E-state index in [4.69, 9.17) is 4.74 Å². The van der Waals surface area contributed by atoms with E-state index in [1.54, 1.807) is 0 Å². The summed E-state index contributed by atoms with van der Waals surface area (Å²) in [5, 5.41) is 1.97. The molecule has 0 spiro atoms. The van der Waals surface area contributed by atoms with Crippen LogP contribution in [0.4, 0.5) is 32.0 Å². The zero-order chi connectivity index (χ0) is 21.3. The number of esters is 1. The Morgan fingerprint density at radius 2 is 1.46 bits per heavy atom. The van der Waals surface area contributed by atoms with Crippen LogP contribution in [0.3, 0.4) is 0 Å². The van der Waals surface area contributed by atoms with Crippen LogP contribution in [0, 0.1) is 0 Å². The fraction of sp³-hybridized carbons (Fsp3) is 0.176. The zero-order valence-corrected chi connectivity index (χ0v) is 15.4. The summed E-state index contributed by atoms with van der Waals surface area (Å²) < 4.78 is 82.7. The van der Waals surface area contributed by atoms with E-state index >= 15 is 0 Å². The number of anilines is 1. The second-order valence-electron chi connectivity index (χ2n) is 5.48. The van der Waals surface area contributed by atoms with Gasteiger partial charge < -0.3 is 10.1 Å². The van der Waals surface area contributed by atoms with Gasteiger partial charge in [0.25, 0.3) is 5.91 Å². The molecule has 11 heteroatoms. The summed E-state index contributed by atoms with van der Waals surface area (Å²) in [5.41, 5.74) is -4.14. The number of carbonyl (C=O) groups is 2. The van der Waals surface area contributed by atoms with Crippen molar-refractivity contribution < 1.29 is 40.7 Å². The second kappa shape index (κ2) is 7.82. The topological polar surface area (TPSA) is 55.4 Å². The largest absolute Gasteiger partial charge is 0.426 e. The molecule has 1 amide bonds. The van der Waals surface area contributed by atoms with Gasteiger partial charge in [-0.1, -0.05) is 15.9 Å². The Bertz CT molecular complexity index is 892. The molecule has 2 aromatic rings. The van der Waals surface area contributed by atoms with Crippen molar-refractivity contribution in [2.24, 2.45) is 0 Å². The van der Waals surface area contributed by atoms with Gasteiger partial charge >= 0.3 is 18.3 Å². The molecule has 28 heavy (non-hydrogen) atoms. The van der Waals surface area contributed by atoms with Crippen LogP contribution in [0.2, 0.25) is 0 Å². The molecule has 0 saturated carbocycles. The number of nitrogens with one attached hydrogen (secondary N) is 1. The smallest absolute Gasteiger partial charge is 0.416 e. The number of benzene rings is 2. The van der Waals surface area contributed by atoms with E-state index in [1.807, 2.05) is 5.32 Å². The summed E-state index contributed by atoms with van der Waals surface area (Å²) in [6.45, 7) is 1.06. The Morgan fingerprint density at radius 1 is 0.929 bits per heavy atom. The molecule has 0 radical (unpaired) electrons. The third-order valence-corrected chi connectivity index (χ3v) is 3.78. The van der Waals surface area contributed by atoms with Gasteiger partial charge in [0, 0.05) is 17.1 Å². The van der Waals surface area contributed by atoms with Gasteiger partial charge in [0.05, 0.1) is 16.7 Å². The molecule has 0 aliphatic carbocycles. The van der Waals surface area contributed by atoms with Crippen LogP contribution < -0.4 is 10.1 Å². The minimum absolute atomic E-state index is 0.0565. The van der Waals surface area contributed by atoms with Gasteiger partial charge in [0.1, 0.15) is 5.75 Å². The van der Waals surface area contributed by atoms with Gasteiger partial charge in [-0.25, -0.2) is 0 Å². The van der Waals surface area contributed by atoms with Crippen LogP contribution in [0.15, 0.2) is 40.9 Å². The molecular weight excluding hydrogens is 460 g/mol. The molecule has 0 heterocycles. The second-order valence-corrected chi connectivity index (χ2v) is 6.40. The fourth-order valence-corrected chi connectivity index (χ4v) is 2.51. The number of carbonyl (C=O) groups excluding carboxylic acids is 2. The van der Waals surface area contributed by atoms with Crippen LogP contribution in [-0.2, 0) is 17.1 Å². The first-order valence-corrected chi connectivity index (χ1v) is 8.15. The summed E-state index contributed by atoms with van der Waals surface area (Å²) >= 11 is 3.07. The summed E-state index contributed by atoms with van der Waals surface area (Å²) in [7, 11) is 0. The first-order valence-electron chi connectivity index (χ1n) is 7.36. The minimum Gasteiger partial charge on any atom is -0.426 e. The van der Waals surface area contributed by atoms with Crippen LogP contribution in [-0.4, -0.2) is 11.9 Å². The van der Waals surface area contributed by atoms with Crippen LogP contribution in [0.5, 0.6) is 5.75 Å². The van der Waals surface area contributed by atoms with Crippen molar-refractivity contribution >= 4 is 33.5 Å². The Hall–Kier alpha value is -2.56. The van der Waals surface area contributed by atoms with Crippen molar-refractivity contribution in [3.63, 3.8) is 0 Å². The molecular formula is C17H10BrF6NO3. The lowest BCUT2D eigenvalue weighted by molar-refractivity contribution is -0.143. The van der Waals surface area contributed by atoms with Crippen molar-refractivity contribution in [1.82, 2.24) is 0 Å². The number of alkyl halides is 6. The van der Waals surface area contributed by atoms with Gasteiger partial charge in [0.15, 0.2) is 0 Å². The van der Waals surface area contributed by atoms with E-state index in [9.17, 15) is 35.9 Å². The SMILES string of the molecule is CC(=O)Oc1ccc(Br)cc1C(=O)Nc1cc(C(F)(F)F)cc(C(F)(F)F)c1. The van der Waals surface area contributed by atoms with Crippen LogP contribution >= 0.6 is 15.9 Å². The molecule has 0 bridgehead atoms. The Balaban J connectivity index is 2.47. The molecule has 0 aromatic heterocycles. The van der Waals surface area contributed by atoms with Gasteiger partial charge in [0.2, 0.25) is 0 Å². The quantitative estimate of drug-likeness (QED) is 0.358. The van der Waals surface area contributed by atoms with Crippen molar-refractivity contribution in [3.05, 3.63) is 57.6 Å². The Labute approximate surface area is 162 Å². The van der Waals surface area contributed by atoms with Crippen molar-refractivity contribution in [3.8, 4) is 5.75 Å². The van der Waals surface area contributed by atoms with Gasteiger partial charge in [-0.2, -0.15) is 26.3 Å². The first-order chi connectivity index (χ1) is 12.8. The van der Waals surface area contributed by atoms with Crippen LogP contribution in [0.25, 0.3) is 0 Å². The Morgan fingerprint density at radius 3 is 1.93 bits per heavy atom. The van der Waals surface area contributed by atoms with E-state index in [0.29, 0.717) is 16.6 Å². The lowest BCUT2D eigenvalue weighted by Gasteiger charge is -2.15. The molecule has 0 saturated heterocycles. The summed E-state index contributed by atoms with van der Waals surface area (Å²) in [4.78, 5) is 23.5. The maximum Gasteiger partial charge on any atom is 0.416 e. The van der Waals surface area contributed by atoms with Gasteiger partial charge in [-0.05, 0) is 36.4 Å². The maximum absolute atomic E-state index is 12.9. The molecule has 0 aliphatic heterocycles. The van der Waals surface area contributed by atoms with Crippen molar-refractivity contribution in [1.29, 1.82) is 0 Å². The molecule has 0 fully saturated rings. The number of rotatable bonds is 3. The molecule has 2 aromatic carbocycles. The molecule has 0 atom stereocenters.